The van der Waals surface area contributed by atoms with Crippen LogP contribution in [0, 0.1) is 0 Å². The van der Waals surface area contributed by atoms with Gasteiger partial charge < -0.3 is 9.47 Å². The lowest BCUT2D eigenvalue weighted by atomic mass is 10.1. The van der Waals surface area contributed by atoms with E-state index < -0.39 is 0 Å². The number of aromatic nitrogens is 2. The fraction of sp³-hybridized carbons (Fsp3) is 0.348. The van der Waals surface area contributed by atoms with Crippen molar-refractivity contribution in [2.24, 2.45) is 5.10 Å². The molecule has 0 spiro atoms. The number of halogens is 1. The Hall–Kier alpha value is -2.67. The number of fused-ring (bicyclic) bond motifs is 1. The third kappa shape index (κ3) is 4.56. The molecule has 0 aliphatic heterocycles. The van der Waals surface area contributed by atoms with E-state index in [1.165, 1.54) is 4.68 Å². The predicted molar refractivity (Wildman–Crippen MR) is 124 cm³/mol. The highest BCUT2D eigenvalue weighted by molar-refractivity contribution is 9.10. The van der Waals surface area contributed by atoms with Gasteiger partial charge in [0.2, 0.25) is 0 Å². The van der Waals surface area contributed by atoms with E-state index in [1.54, 1.807) is 19.4 Å². The van der Waals surface area contributed by atoms with Gasteiger partial charge in [-0.15, -0.1) is 0 Å². The van der Waals surface area contributed by atoms with Crippen molar-refractivity contribution >= 4 is 33.0 Å². The molecule has 1 atom stereocenters. The number of para-hydroxylation sites is 1. The number of ether oxygens (including phenoxy) is 2. The maximum atomic E-state index is 13.3. The van der Waals surface area contributed by atoms with Gasteiger partial charge in [-0.05, 0) is 50.6 Å². The Kier molecular flexibility index (Phi) is 6.92. The van der Waals surface area contributed by atoms with Crippen LogP contribution in [0.4, 0.5) is 0 Å². The van der Waals surface area contributed by atoms with Crippen molar-refractivity contribution in [3.8, 4) is 11.5 Å². The van der Waals surface area contributed by atoms with E-state index in [2.05, 4.69) is 28.0 Å². The van der Waals surface area contributed by atoms with E-state index in [-0.39, 0.29) is 17.6 Å². The van der Waals surface area contributed by atoms with Crippen LogP contribution in [0.25, 0.3) is 10.9 Å². The van der Waals surface area contributed by atoms with Crippen molar-refractivity contribution in [2.45, 2.75) is 46.1 Å². The van der Waals surface area contributed by atoms with Gasteiger partial charge in [-0.3, -0.25) is 4.79 Å². The van der Waals surface area contributed by atoms with Crippen molar-refractivity contribution in [3.63, 3.8) is 0 Å². The molecule has 0 fully saturated rings. The highest BCUT2D eigenvalue weighted by atomic mass is 79.9. The van der Waals surface area contributed by atoms with E-state index >= 15 is 0 Å². The minimum atomic E-state index is -0.206. The Morgan fingerprint density at radius 3 is 2.67 bits per heavy atom. The molecule has 2 aromatic carbocycles. The average molecular weight is 472 g/mol. The molecule has 0 saturated heterocycles. The summed E-state index contributed by atoms with van der Waals surface area (Å²) in [6, 6.07) is 11.1. The highest BCUT2D eigenvalue weighted by Crippen LogP contribution is 2.31. The maximum absolute atomic E-state index is 13.3. The molecular formula is C23H26BrN3O3. The second-order valence-electron chi connectivity index (χ2n) is 7.35. The summed E-state index contributed by atoms with van der Waals surface area (Å²) in [6.07, 6.45) is 2.43. The van der Waals surface area contributed by atoms with Gasteiger partial charge in [0.15, 0.2) is 11.5 Å². The molecule has 0 aliphatic rings. The largest absolute Gasteiger partial charge is 0.493 e. The molecule has 6 nitrogen and oxygen atoms in total. The lowest BCUT2D eigenvalue weighted by Crippen LogP contribution is -2.23. The predicted octanol–water partition coefficient (Wildman–Crippen LogP) is 5.35. The van der Waals surface area contributed by atoms with Crippen molar-refractivity contribution in [1.82, 2.24) is 9.66 Å². The molecule has 158 valence electrons. The van der Waals surface area contributed by atoms with Crippen LogP contribution in [0.3, 0.4) is 0 Å². The Morgan fingerprint density at radius 1 is 1.23 bits per heavy atom. The van der Waals surface area contributed by atoms with Crippen molar-refractivity contribution in [1.29, 1.82) is 0 Å². The molecule has 0 unspecified atom stereocenters. The van der Waals surface area contributed by atoms with Crippen LogP contribution in [0.1, 0.15) is 51.4 Å². The molecule has 1 aromatic heterocycles. The van der Waals surface area contributed by atoms with Gasteiger partial charge in [0.05, 0.1) is 30.3 Å². The Morgan fingerprint density at radius 2 is 2.00 bits per heavy atom. The number of benzene rings is 2. The first-order valence-electron chi connectivity index (χ1n) is 9.95. The number of nitrogens with zero attached hydrogens (tertiary/aromatic N) is 3. The molecule has 0 amide bonds. The van der Waals surface area contributed by atoms with Gasteiger partial charge in [0.25, 0.3) is 5.56 Å². The van der Waals surface area contributed by atoms with Crippen LogP contribution in [0.2, 0.25) is 0 Å². The van der Waals surface area contributed by atoms with E-state index in [0.29, 0.717) is 28.2 Å². The van der Waals surface area contributed by atoms with Crippen molar-refractivity contribution in [3.05, 3.63) is 62.6 Å². The van der Waals surface area contributed by atoms with Crippen LogP contribution < -0.4 is 15.0 Å². The third-order valence-electron chi connectivity index (χ3n) is 4.78. The summed E-state index contributed by atoms with van der Waals surface area (Å²) in [5.74, 6) is 1.90. The molecule has 1 heterocycles. The van der Waals surface area contributed by atoms with E-state index in [9.17, 15) is 4.79 Å². The lowest BCUT2D eigenvalue weighted by Gasteiger charge is -2.16. The number of hydrogen-bond acceptors (Lipinski definition) is 5. The molecule has 0 radical (unpaired) electrons. The van der Waals surface area contributed by atoms with Gasteiger partial charge in [0, 0.05) is 16.0 Å². The maximum Gasteiger partial charge on any atom is 0.282 e. The summed E-state index contributed by atoms with van der Waals surface area (Å²) in [5.41, 5.74) is 1.18. The first-order chi connectivity index (χ1) is 14.3. The van der Waals surface area contributed by atoms with Crippen LogP contribution in [-0.4, -0.2) is 29.1 Å². The molecule has 0 aliphatic carbocycles. The standard InChI is InChI=1S/C23H26BrN3O3/c1-6-15(4)22-26-19-11-10-17(24)12-18(19)23(28)27(22)25-13-16-8-7-9-20(29-5)21(16)30-14(2)3/h7-15H,6H2,1-5H3/t15-/m1/s1. The summed E-state index contributed by atoms with van der Waals surface area (Å²) < 4.78 is 13.6. The first kappa shape index (κ1) is 22.0. The van der Waals surface area contributed by atoms with Gasteiger partial charge in [-0.1, -0.05) is 35.8 Å². The monoisotopic (exact) mass is 471 g/mol. The van der Waals surface area contributed by atoms with Crippen molar-refractivity contribution in [2.75, 3.05) is 7.11 Å². The molecule has 0 saturated carbocycles. The summed E-state index contributed by atoms with van der Waals surface area (Å²) in [7, 11) is 1.60. The van der Waals surface area contributed by atoms with Crippen LogP contribution in [0.5, 0.6) is 11.5 Å². The summed E-state index contributed by atoms with van der Waals surface area (Å²) in [4.78, 5) is 18.0. The summed E-state index contributed by atoms with van der Waals surface area (Å²) in [5, 5.41) is 5.05. The molecular weight excluding hydrogens is 446 g/mol. The van der Waals surface area contributed by atoms with E-state index in [4.69, 9.17) is 14.5 Å². The Labute approximate surface area is 184 Å². The topological polar surface area (TPSA) is 65.7 Å². The number of rotatable bonds is 7. The average Bonchev–Trinajstić information content (AvgIpc) is 2.73. The Balaban J connectivity index is 2.19. The highest BCUT2D eigenvalue weighted by Gasteiger charge is 2.16. The minimum Gasteiger partial charge on any atom is -0.493 e. The van der Waals surface area contributed by atoms with Gasteiger partial charge >= 0.3 is 0 Å². The number of hydrogen-bond donors (Lipinski definition) is 0. The quantitative estimate of drug-likeness (QED) is 0.435. The fourth-order valence-corrected chi connectivity index (χ4v) is 3.42. The fourth-order valence-electron chi connectivity index (χ4n) is 3.06. The SMILES string of the molecule is CC[C@@H](C)c1nc2ccc(Br)cc2c(=O)n1N=Cc1cccc(OC)c1OC(C)C. The Bertz CT molecular complexity index is 1140. The van der Waals surface area contributed by atoms with Gasteiger partial charge in [-0.2, -0.15) is 9.78 Å². The zero-order chi connectivity index (χ0) is 21.8. The van der Waals surface area contributed by atoms with Gasteiger partial charge in [-0.25, -0.2) is 4.98 Å². The van der Waals surface area contributed by atoms with Gasteiger partial charge in [0.1, 0.15) is 5.82 Å². The zero-order valence-electron chi connectivity index (χ0n) is 17.8. The van der Waals surface area contributed by atoms with Crippen LogP contribution in [-0.2, 0) is 0 Å². The normalized spacial score (nSPS) is 12.6. The molecule has 0 N–H and O–H groups in total. The van der Waals surface area contributed by atoms with E-state index in [0.717, 1.165) is 16.5 Å². The second-order valence-corrected chi connectivity index (χ2v) is 8.26. The molecule has 3 aromatic rings. The molecule has 30 heavy (non-hydrogen) atoms. The van der Waals surface area contributed by atoms with Crippen LogP contribution >= 0.6 is 15.9 Å². The second kappa shape index (κ2) is 9.43. The third-order valence-corrected chi connectivity index (χ3v) is 5.27. The smallest absolute Gasteiger partial charge is 0.282 e. The van der Waals surface area contributed by atoms with Crippen molar-refractivity contribution < 1.29 is 9.47 Å². The number of methoxy groups -OCH3 is 1. The minimum absolute atomic E-state index is 0.0356. The molecule has 0 bridgehead atoms. The molecule has 7 heteroatoms. The summed E-state index contributed by atoms with van der Waals surface area (Å²) in [6.45, 7) is 8.00. The van der Waals surface area contributed by atoms with E-state index in [1.807, 2.05) is 51.1 Å². The molecule has 3 rings (SSSR count). The summed E-state index contributed by atoms with van der Waals surface area (Å²) >= 11 is 3.43. The first-order valence-corrected chi connectivity index (χ1v) is 10.7. The zero-order valence-corrected chi connectivity index (χ0v) is 19.4. The van der Waals surface area contributed by atoms with Crippen LogP contribution in [0.15, 0.2) is 50.8 Å². The lowest BCUT2D eigenvalue weighted by molar-refractivity contribution is 0.230.